The molecule has 1 fully saturated rings. The lowest BCUT2D eigenvalue weighted by Gasteiger charge is -2.37. The maximum atomic E-state index is 10.5. The second-order valence-electron chi connectivity index (χ2n) is 9.06. The summed E-state index contributed by atoms with van der Waals surface area (Å²) < 4.78 is 12.0. The molecule has 162 valence electrons. The molecule has 3 N–H and O–H groups in total. The van der Waals surface area contributed by atoms with Gasteiger partial charge >= 0.3 is 0 Å². The van der Waals surface area contributed by atoms with E-state index in [1.807, 2.05) is 36.5 Å². The molecule has 2 aliphatic heterocycles. The zero-order chi connectivity index (χ0) is 21.8. The maximum Gasteiger partial charge on any atom is 0.283 e. The molecule has 3 aromatic rings. The first-order chi connectivity index (χ1) is 15.5. The summed E-state index contributed by atoms with van der Waals surface area (Å²) in [6.45, 7) is 0.325. The third kappa shape index (κ3) is 3.06. The first-order valence-corrected chi connectivity index (χ1v) is 11.1. The number of hydrogen-bond donors (Lipinski definition) is 2. The SMILES string of the molecule is NC1=N[C@]2(CO1)c1cc(CCC3(O)CCC3)ccc1Oc1ccc(-c3cccnc3)cc12. The van der Waals surface area contributed by atoms with Crippen molar-refractivity contribution in [1.29, 1.82) is 0 Å². The highest BCUT2D eigenvalue weighted by Crippen LogP contribution is 2.52. The minimum atomic E-state index is -0.755. The van der Waals surface area contributed by atoms with E-state index >= 15 is 0 Å². The first kappa shape index (κ1) is 19.3. The fourth-order valence-electron chi connectivity index (χ4n) is 4.98. The number of aromatic nitrogens is 1. The molecule has 6 heteroatoms. The lowest BCUT2D eigenvalue weighted by atomic mass is 9.76. The quantitative estimate of drug-likeness (QED) is 0.648. The van der Waals surface area contributed by atoms with Gasteiger partial charge in [-0.2, -0.15) is 0 Å². The average molecular weight is 428 g/mol. The van der Waals surface area contributed by atoms with Crippen molar-refractivity contribution in [2.45, 2.75) is 43.2 Å². The molecule has 1 aromatic heterocycles. The molecular formula is C26H25N3O3. The predicted molar refractivity (Wildman–Crippen MR) is 122 cm³/mol. The third-order valence-electron chi connectivity index (χ3n) is 7.02. The van der Waals surface area contributed by atoms with Gasteiger partial charge in [0.15, 0.2) is 5.54 Å². The minimum Gasteiger partial charge on any atom is -0.462 e. The van der Waals surface area contributed by atoms with Gasteiger partial charge in [0.25, 0.3) is 6.02 Å². The molecule has 2 aromatic carbocycles. The number of fused-ring (bicyclic) bond motifs is 4. The Kier molecular flexibility index (Phi) is 4.27. The Hall–Kier alpha value is -3.38. The highest BCUT2D eigenvalue weighted by molar-refractivity contribution is 5.78. The number of rotatable bonds is 4. The van der Waals surface area contributed by atoms with Gasteiger partial charge in [0.05, 0.1) is 5.60 Å². The molecule has 32 heavy (non-hydrogen) atoms. The molecule has 0 amide bonds. The van der Waals surface area contributed by atoms with Gasteiger partial charge in [0, 0.05) is 29.1 Å². The standard InChI is InChI=1S/C26H25N3O3/c27-24-29-26(16-31-24)20-13-17(8-11-25(30)9-2-10-25)4-6-22(20)32-23-7-5-18(14-21(23)26)19-3-1-12-28-15-19/h1,3-7,12-15,30H,2,8-11,16H2,(H2,27,29)/t26-/m1/s1. The van der Waals surface area contributed by atoms with Crippen LogP contribution in [0.4, 0.5) is 0 Å². The van der Waals surface area contributed by atoms with E-state index in [9.17, 15) is 5.11 Å². The first-order valence-electron chi connectivity index (χ1n) is 11.1. The van der Waals surface area contributed by atoms with Crippen molar-refractivity contribution in [1.82, 2.24) is 4.98 Å². The average Bonchev–Trinajstić information content (AvgIpc) is 3.19. The van der Waals surface area contributed by atoms with Crippen LogP contribution in [0.5, 0.6) is 11.5 Å². The van der Waals surface area contributed by atoms with Crippen molar-refractivity contribution in [2.24, 2.45) is 10.7 Å². The monoisotopic (exact) mass is 427 g/mol. The summed E-state index contributed by atoms with van der Waals surface area (Å²) in [4.78, 5) is 9.05. The van der Waals surface area contributed by atoms with Crippen molar-refractivity contribution >= 4 is 6.02 Å². The number of amidine groups is 1. The molecule has 6 nitrogen and oxygen atoms in total. The van der Waals surface area contributed by atoms with Gasteiger partial charge in [-0.15, -0.1) is 0 Å². The zero-order valence-corrected chi connectivity index (χ0v) is 17.8. The van der Waals surface area contributed by atoms with Gasteiger partial charge in [0.1, 0.15) is 18.1 Å². The Bertz CT molecular complexity index is 1220. The molecule has 0 bridgehead atoms. The number of nitrogens with two attached hydrogens (primary N) is 1. The van der Waals surface area contributed by atoms with Crippen LogP contribution >= 0.6 is 0 Å². The Morgan fingerprint density at radius 2 is 1.81 bits per heavy atom. The van der Waals surface area contributed by atoms with Crippen molar-refractivity contribution in [2.75, 3.05) is 6.61 Å². The van der Waals surface area contributed by atoms with Crippen LogP contribution in [-0.4, -0.2) is 28.3 Å². The zero-order valence-electron chi connectivity index (χ0n) is 17.8. The van der Waals surface area contributed by atoms with E-state index in [-0.39, 0.29) is 6.02 Å². The Labute approximate surface area is 186 Å². The fourth-order valence-corrected chi connectivity index (χ4v) is 4.98. The number of hydrogen-bond acceptors (Lipinski definition) is 6. The molecule has 3 heterocycles. The van der Waals surface area contributed by atoms with Gasteiger partial charge in [0.2, 0.25) is 0 Å². The molecule has 0 saturated heterocycles. The molecule has 1 atom stereocenters. The summed E-state index contributed by atoms with van der Waals surface area (Å²) in [5, 5.41) is 10.5. The summed E-state index contributed by atoms with van der Waals surface area (Å²) in [6, 6.07) is 16.5. The molecular weight excluding hydrogens is 402 g/mol. The van der Waals surface area contributed by atoms with Crippen molar-refractivity contribution in [3.63, 3.8) is 0 Å². The number of nitrogens with zero attached hydrogens (tertiary/aromatic N) is 2. The van der Waals surface area contributed by atoms with Gasteiger partial charge in [-0.3, -0.25) is 4.98 Å². The lowest BCUT2D eigenvalue weighted by molar-refractivity contribution is -0.0397. The van der Waals surface area contributed by atoms with E-state index in [0.29, 0.717) is 6.61 Å². The number of ether oxygens (including phenoxy) is 2. The smallest absolute Gasteiger partial charge is 0.283 e. The van der Waals surface area contributed by atoms with Crippen LogP contribution in [-0.2, 0) is 16.7 Å². The van der Waals surface area contributed by atoms with E-state index in [2.05, 4.69) is 23.2 Å². The molecule has 0 unspecified atom stereocenters. The molecule has 3 aliphatic rings. The normalized spacial score (nSPS) is 22.2. The number of aryl methyl sites for hydroxylation is 1. The second-order valence-corrected chi connectivity index (χ2v) is 9.06. The molecule has 1 saturated carbocycles. The number of benzene rings is 2. The molecule has 6 rings (SSSR count). The number of aliphatic imine (C=N–C) groups is 1. The van der Waals surface area contributed by atoms with Crippen LogP contribution in [0.2, 0.25) is 0 Å². The minimum absolute atomic E-state index is 0.185. The summed E-state index contributed by atoms with van der Waals surface area (Å²) in [5.74, 6) is 1.52. The van der Waals surface area contributed by atoms with E-state index in [4.69, 9.17) is 20.2 Å². The van der Waals surface area contributed by atoms with Crippen LogP contribution in [0.1, 0.15) is 42.4 Å². The van der Waals surface area contributed by atoms with Gasteiger partial charge in [-0.05, 0) is 73.6 Å². The maximum absolute atomic E-state index is 10.5. The number of pyridine rings is 1. The van der Waals surface area contributed by atoms with Gasteiger partial charge in [-0.25, -0.2) is 4.99 Å². The van der Waals surface area contributed by atoms with Crippen molar-refractivity contribution in [3.05, 3.63) is 77.6 Å². The van der Waals surface area contributed by atoms with Crippen LogP contribution in [0.15, 0.2) is 65.9 Å². The Morgan fingerprint density at radius 3 is 2.50 bits per heavy atom. The molecule has 1 spiro atoms. The lowest BCUT2D eigenvalue weighted by Crippen LogP contribution is -2.37. The van der Waals surface area contributed by atoms with Crippen LogP contribution in [0, 0.1) is 0 Å². The predicted octanol–water partition coefficient (Wildman–Crippen LogP) is 4.29. The summed E-state index contributed by atoms with van der Waals surface area (Å²) in [7, 11) is 0. The van der Waals surface area contributed by atoms with Crippen LogP contribution in [0.3, 0.4) is 0 Å². The second kappa shape index (κ2) is 7.07. The third-order valence-corrected chi connectivity index (χ3v) is 7.02. The highest BCUT2D eigenvalue weighted by Gasteiger charge is 2.47. The number of aliphatic hydroxyl groups is 1. The topological polar surface area (TPSA) is 90.0 Å². The summed E-state index contributed by atoms with van der Waals surface area (Å²) in [5.41, 5.74) is 9.86. The van der Waals surface area contributed by atoms with E-state index in [1.165, 1.54) is 0 Å². The van der Waals surface area contributed by atoms with E-state index < -0.39 is 11.1 Å². The van der Waals surface area contributed by atoms with Crippen molar-refractivity contribution in [3.8, 4) is 22.6 Å². The van der Waals surface area contributed by atoms with Crippen LogP contribution in [0.25, 0.3) is 11.1 Å². The largest absolute Gasteiger partial charge is 0.462 e. The van der Waals surface area contributed by atoms with E-state index in [1.54, 1.807) is 6.20 Å². The summed E-state index contributed by atoms with van der Waals surface area (Å²) in [6.07, 6.45) is 8.08. The van der Waals surface area contributed by atoms with Gasteiger partial charge < -0.3 is 20.3 Å². The Morgan fingerprint density at radius 1 is 1.00 bits per heavy atom. The van der Waals surface area contributed by atoms with Crippen molar-refractivity contribution < 1.29 is 14.6 Å². The van der Waals surface area contributed by atoms with E-state index in [0.717, 1.165) is 71.4 Å². The highest BCUT2D eigenvalue weighted by atomic mass is 16.5. The van der Waals surface area contributed by atoms with Gasteiger partial charge in [-0.1, -0.05) is 18.2 Å². The Balaban J connectivity index is 1.43. The molecule has 1 aliphatic carbocycles. The van der Waals surface area contributed by atoms with Crippen LogP contribution < -0.4 is 10.5 Å². The fraction of sp³-hybridized carbons (Fsp3) is 0.308. The summed E-state index contributed by atoms with van der Waals surface area (Å²) >= 11 is 0. The molecule has 0 radical (unpaired) electrons.